The number of benzene rings is 2. The molecule has 8 nitrogen and oxygen atoms in total. The van der Waals surface area contributed by atoms with E-state index in [1.807, 2.05) is 0 Å². The first-order valence-corrected chi connectivity index (χ1v) is 9.64. The highest BCUT2D eigenvalue weighted by atomic mass is 32.2. The Balaban J connectivity index is 1.88. The fourth-order valence-corrected chi connectivity index (χ4v) is 4.08. The molecule has 3 aromatic rings. The summed E-state index contributed by atoms with van der Waals surface area (Å²) in [5.41, 5.74) is 0.407. The van der Waals surface area contributed by atoms with Crippen molar-refractivity contribution in [3.8, 4) is 0 Å². The van der Waals surface area contributed by atoms with Crippen molar-refractivity contribution in [2.75, 3.05) is 4.72 Å². The number of hydrogen-bond acceptors (Lipinski definition) is 6. The lowest BCUT2D eigenvalue weighted by Crippen LogP contribution is -2.13. The van der Waals surface area contributed by atoms with Gasteiger partial charge in [-0.25, -0.2) is 13.2 Å². The zero-order chi connectivity index (χ0) is 18.7. The van der Waals surface area contributed by atoms with E-state index >= 15 is 0 Å². The molecule has 0 radical (unpaired) electrons. The molecule has 2 aromatic carbocycles. The van der Waals surface area contributed by atoms with Gasteiger partial charge in [-0.2, -0.15) is 0 Å². The summed E-state index contributed by atoms with van der Waals surface area (Å²) in [4.78, 5) is 11.5. The Morgan fingerprint density at radius 2 is 1.85 bits per heavy atom. The minimum absolute atomic E-state index is 0.0159. The number of carbonyl (C=O) groups is 1. The highest BCUT2D eigenvalue weighted by Crippen LogP contribution is 2.33. The fraction of sp³-hybridized carbons (Fsp3) is 0.0625. The predicted molar refractivity (Wildman–Crippen MR) is 95.8 cm³/mol. The Morgan fingerprint density at radius 1 is 1.15 bits per heavy atom. The van der Waals surface area contributed by atoms with Gasteiger partial charge in [0, 0.05) is 11.9 Å². The number of nitrogens with one attached hydrogen (secondary N) is 1. The predicted octanol–water partition coefficient (Wildman–Crippen LogP) is 2.47. The summed E-state index contributed by atoms with van der Waals surface area (Å²) in [5.74, 6) is -1.12. The lowest BCUT2D eigenvalue weighted by molar-refractivity contribution is 0.0696. The third-order valence-electron chi connectivity index (χ3n) is 3.41. The molecule has 0 saturated carbocycles. The van der Waals surface area contributed by atoms with Gasteiger partial charge < -0.3 is 9.67 Å². The summed E-state index contributed by atoms with van der Waals surface area (Å²) in [6.07, 6.45) is 1.55. The zero-order valence-corrected chi connectivity index (χ0v) is 15.2. The van der Waals surface area contributed by atoms with Crippen LogP contribution in [0.2, 0.25) is 0 Å². The summed E-state index contributed by atoms with van der Waals surface area (Å²) in [5, 5.41) is 17.3. The second-order valence-corrected chi connectivity index (χ2v) is 7.95. The van der Waals surface area contributed by atoms with E-state index in [1.165, 1.54) is 36.0 Å². The van der Waals surface area contributed by atoms with Gasteiger partial charge in [0.2, 0.25) is 0 Å². The van der Waals surface area contributed by atoms with Crippen LogP contribution < -0.4 is 4.72 Å². The number of rotatable bonds is 6. The van der Waals surface area contributed by atoms with Crippen molar-refractivity contribution in [3.05, 3.63) is 60.4 Å². The van der Waals surface area contributed by atoms with Gasteiger partial charge in [0.05, 0.1) is 16.1 Å². The first-order chi connectivity index (χ1) is 12.4. The van der Waals surface area contributed by atoms with Crippen LogP contribution in [-0.4, -0.2) is 34.3 Å². The molecule has 0 aliphatic heterocycles. The minimum Gasteiger partial charge on any atom is -0.478 e. The van der Waals surface area contributed by atoms with Gasteiger partial charge in [0.15, 0.2) is 5.16 Å². The van der Waals surface area contributed by atoms with Gasteiger partial charge >= 0.3 is 5.97 Å². The third kappa shape index (κ3) is 3.86. The molecule has 0 bridgehead atoms. The average molecular weight is 390 g/mol. The molecule has 3 rings (SSSR count). The summed E-state index contributed by atoms with van der Waals surface area (Å²) in [6, 6.07) is 11.9. The highest BCUT2D eigenvalue weighted by Gasteiger charge is 2.17. The Bertz CT molecular complexity index is 1050. The van der Waals surface area contributed by atoms with Crippen LogP contribution in [0.1, 0.15) is 10.4 Å². The van der Waals surface area contributed by atoms with Gasteiger partial charge in [0.1, 0.15) is 6.33 Å². The number of aromatic nitrogens is 3. The van der Waals surface area contributed by atoms with E-state index in [1.54, 1.807) is 42.2 Å². The summed E-state index contributed by atoms with van der Waals surface area (Å²) in [6.45, 7) is 0. The van der Waals surface area contributed by atoms with E-state index in [9.17, 15) is 13.2 Å². The molecule has 0 aliphatic carbocycles. The maximum absolute atomic E-state index is 12.6. The van der Waals surface area contributed by atoms with Gasteiger partial charge in [-0.1, -0.05) is 12.1 Å². The number of para-hydroxylation sites is 1. The molecule has 0 saturated heterocycles. The van der Waals surface area contributed by atoms with Crippen molar-refractivity contribution in [3.63, 3.8) is 0 Å². The first kappa shape index (κ1) is 18.0. The van der Waals surface area contributed by atoms with Crippen molar-refractivity contribution >= 4 is 33.4 Å². The van der Waals surface area contributed by atoms with Gasteiger partial charge in [-0.15, -0.1) is 10.2 Å². The molecule has 0 unspecified atom stereocenters. The van der Waals surface area contributed by atoms with Gasteiger partial charge in [-0.3, -0.25) is 4.72 Å². The molecular formula is C16H14N4O4S2. The third-order valence-corrected chi connectivity index (χ3v) is 5.92. The van der Waals surface area contributed by atoms with E-state index in [0.29, 0.717) is 15.7 Å². The second-order valence-electron chi connectivity index (χ2n) is 5.26. The zero-order valence-electron chi connectivity index (χ0n) is 13.5. The number of carboxylic acid groups (broad SMARTS) is 1. The number of nitrogens with zero attached hydrogens (tertiary/aromatic N) is 3. The van der Waals surface area contributed by atoms with E-state index in [2.05, 4.69) is 14.9 Å². The van der Waals surface area contributed by atoms with Gasteiger partial charge in [0.25, 0.3) is 10.0 Å². The number of hydrogen-bond donors (Lipinski definition) is 2. The topological polar surface area (TPSA) is 114 Å². The number of sulfonamides is 1. The monoisotopic (exact) mass is 390 g/mol. The Hall–Kier alpha value is -2.85. The molecule has 0 atom stereocenters. The van der Waals surface area contributed by atoms with Crippen LogP contribution in [0.25, 0.3) is 0 Å². The van der Waals surface area contributed by atoms with Crippen LogP contribution in [0, 0.1) is 0 Å². The normalized spacial score (nSPS) is 11.3. The molecule has 0 spiro atoms. The fourth-order valence-electron chi connectivity index (χ4n) is 2.08. The van der Waals surface area contributed by atoms with Gasteiger partial charge in [-0.05, 0) is 48.2 Å². The number of carboxylic acids is 1. The lowest BCUT2D eigenvalue weighted by Gasteiger charge is -2.12. The standard InChI is InChI=1S/C16H14N4O4S2/c1-20-10-17-18-16(20)25-14-5-3-2-4-13(14)19-26(23,24)12-8-6-11(7-9-12)15(21)22/h2-10,19H,1H3,(H,21,22). The molecule has 0 fully saturated rings. The number of aromatic carboxylic acids is 1. The quantitative estimate of drug-likeness (QED) is 0.664. The summed E-state index contributed by atoms with van der Waals surface area (Å²) >= 11 is 1.27. The van der Waals surface area contributed by atoms with Crippen molar-refractivity contribution in [2.24, 2.45) is 7.05 Å². The SMILES string of the molecule is Cn1cnnc1Sc1ccccc1NS(=O)(=O)c1ccc(C(=O)O)cc1. The molecule has 2 N–H and O–H groups in total. The molecular weight excluding hydrogens is 376 g/mol. The molecule has 10 heteroatoms. The second kappa shape index (κ2) is 7.18. The summed E-state index contributed by atoms with van der Waals surface area (Å²) in [7, 11) is -2.08. The average Bonchev–Trinajstić information content (AvgIpc) is 3.01. The van der Waals surface area contributed by atoms with Crippen LogP contribution in [0.5, 0.6) is 0 Å². The molecule has 134 valence electrons. The summed E-state index contributed by atoms with van der Waals surface area (Å²) < 4.78 is 29.5. The maximum Gasteiger partial charge on any atom is 0.335 e. The minimum atomic E-state index is -3.87. The molecule has 26 heavy (non-hydrogen) atoms. The molecule has 0 aliphatic rings. The van der Waals surface area contributed by atoms with Crippen molar-refractivity contribution < 1.29 is 18.3 Å². The van der Waals surface area contributed by atoms with E-state index in [-0.39, 0.29) is 10.5 Å². The van der Waals surface area contributed by atoms with Crippen LogP contribution in [0.4, 0.5) is 5.69 Å². The maximum atomic E-state index is 12.6. The molecule has 1 aromatic heterocycles. The van der Waals surface area contributed by atoms with E-state index in [4.69, 9.17) is 5.11 Å². The first-order valence-electron chi connectivity index (χ1n) is 7.34. The largest absolute Gasteiger partial charge is 0.478 e. The van der Waals surface area contributed by atoms with Crippen LogP contribution in [0.15, 0.2) is 69.8 Å². The highest BCUT2D eigenvalue weighted by molar-refractivity contribution is 7.99. The van der Waals surface area contributed by atoms with Crippen molar-refractivity contribution in [1.82, 2.24) is 14.8 Å². The van der Waals surface area contributed by atoms with Crippen molar-refractivity contribution in [2.45, 2.75) is 14.9 Å². The van der Waals surface area contributed by atoms with Crippen LogP contribution in [-0.2, 0) is 17.1 Å². The smallest absolute Gasteiger partial charge is 0.335 e. The number of anilines is 1. The Labute approximate surface area is 153 Å². The molecule has 1 heterocycles. The van der Waals surface area contributed by atoms with Crippen molar-refractivity contribution in [1.29, 1.82) is 0 Å². The van der Waals surface area contributed by atoms with E-state index in [0.717, 1.165) is 0 Å². The lowest BCUT2D eigenvalue weighted by atomic mass is 10.2. The van der Waals surface area contributed by atoms with E-state index < -0.39 is 16.0 Å². The Kier molecular flexibility index (Phi) is 4.96. The number of aryl methyl sites for hydroxylation is 1. The molecule has 0 amide bonds. The Morgan fingerprint density at radius 3 is 2.46 bits per heavy atom. The van der Waals surface area contributed by atoms with Crippen LogP contribution in [0.3, 0.4) is 0 Å². The van der Waals surface area contributed by atoms with Crippen LogP contribution >= 0.6 is 11.8 Å².